The second-order valence-corrected chi connectivity index (χ2v) is 16.6. The summed E-state index contributed by atoms with van der Waals surface area (Å²) in [6.07, 6.45) is 0.0931. The summed E-state index contributed by atoms with van der Waals surface area (Å²) in [5.41, 5.74) is 2.85. The zero-order chi connectivity index (χ0) is 58.9. The quantitative estimate of drug-likeness (QED) is 0.0338. The molecule has 1 atom stereocenters. The Labute approximate surface area is 452 Å². The molecule has 1 unspecified atom stereocenters. The molecule has 414 valence electrons. The molecule has 2 amide bonds. The molecule has 7 aromatic rings. The highest BCUT2D eigenvalue weighted by molar-refractivity contribution is 6.44. The maximum atomic E-state index is 12.7. The number of anilines is 1. The number of carboxylic acid groups (broad SMARTS) is 5. The van der Waals surface area contributed by atoms with Gasteiger partial charge in [0, 0.05) is 35.4 Å². The van der Waals surface area contributed by atoms with E-state index in [4.69, 9.17) is 41.5 Å². The number of hydrogen-bond donors (Lipinski definition) is 10. The number of rotatable bonds is 15. The number of halogens is 4. The average Bonchev–Trinajstić information content (AvgIpc) is 3.41. The van der Waals surface area contributed by atoms with Gasteiger partial charge in [0.25, 0.3) is 11.8 Å². The number of phenols is 3. The number of carbonyl (C=O) groups is 7. The van der Waals surface area contributed by atoms with Gasteiger partial charge in [-0.25, -0.2) is 27.6 Å². The summed E-state index contributed by atoms with van der Waals surface area (Å²) in [7, 11) is 2.96. The van der Waals surface area contributed by atoms with Crippen molar-refractivity contribution in [3.63, 3.8) is 0 Å². The number of nitrogens with one attached hydrogen (secondary N) is 2. The molecule has 23 heteroatoms. The van der Waals surface area contributed by atoms with Crippen molar-refractivity contribution < 1.29 is 97.1 Å². The number of amides is 2. The number of aliphatic carboxylic acids is 4. The minimum atomic E-state index is -1.33. The molecule has 79 heavy (non-hydrogen) atoms. The van der Waals surface area contributed by atoms with Gasteiger partial charge in [-0.05, 0) is 108 Å². The van der Waals surface area contributed by atoms with Crippen molar-refractivity contribution in [1.29, 1.82) is 0 Å². The number of aryl methyl sites for hydroxylation is 1. The smallest absolute Gasteiger partial charge is 0.339 e. The van der Waals surface area contributed by atoms with Crippen molar-refractivity contribution in [3.8, 4) is 28.7 Å². The first-order chi connectivity index (χ1) is 37.3. The molecule has 7 aromatic carbocycles. The molecule has 0 heterocycles. The predicted molar refractivity (Wildman–Crippen MR) is 281 cm³/mol. The fraction of sp³-hybridized carbons (Fsp3) is 0.125. The molecular formula is C56H50ClF3N2O17. The molecule has 0 saturated carbocycles. The topological polar surface area (TPSA) is 324 Å². The highest BCUT2D eigenvalue weighted by atomic mass is 35.5. The molecule has 19 nitrogen and oxygen atoms in total. The van der Waals surface area contributed by atoms with Crippen molar-refractivity contribution in [2.24, 2.45) is 0 Å². The standard InChI is InChI=1S/C17H17NO5.C11H10ClNO3.C11H8O4.C9H10O3.C8H5F3O2/c1-23-15-10-11(7-8-14(15)19)9-13(17(21)22)18-16(20)12-5-3-2-4-6-12;1-7-2-4-8(5-3-7)13-11(16)9(12)6-10(14)15;12-8-2-1-6-5-10(13)9(11(14)15)4-7(6)3-8;1-12-8-4-2-3-7(5-8)6-9(10)11;9-5-3-7(11)6(10)1-4(5)2-8(12)13/h2-8,10,13,19H,9H2,1H3,(H,18,20)(H,21,22);2-6H,1H3,(H,13,16)(H,14,15);1-5,12-13H,(H,14,15);2-5H,6H2,1H3,(H,10,11);1,3H,2H2,(H,12,13). The van der Waals surface area contributed by atoms with Crippen LogP contribution in [-0.4, -0.2) is 103 Å². The van der Waals surface area contributed by atoms with E-state index in [9.17, 15) is 67.2 Å². The Balaban J connectivity index is 0.000000265. The molecule has 0 fully saturated rings. The van der Waals surface area contributed by atoms with Crippen LogP contribution in [0.1, 0.15) is 43.0 Å². The SMILES string of the molecule is COc1cc(CC(NC(=O)c2ccccc2)C(=O)O)ccc1O.COc1cccc(CC(=O)O)c1.Cc1ccc(NC(=O)C(Cl)=CC(=O)O)cc1.O=C(O)Cc1cc(F)c(F)cc1F.O=C(O)c1cc2cc(O)ccc2cc1O. The van der Waals surface area contributed by atoms with Gasteiger partial charge >= 0.3 is 29.8 Å². The van der Waals surface area contributed by atoms with E-state index in [1.807, 2.05) is 19.1 Å². The summed E-state index contributed by atoms with van der Waals surface area (Å²) >= 11 is 5.48. The molecule has 7 rings (SSSR count). The van der Waals surface area contributed by atoms with E-state index in [1.54, 1.807) is 92.0 Å². The van der Waals surface area contributed by atoms with E-state index < -0.39 is 71.6 Å². The van der Waals surface area contributed by atoms with Crippen LogP contribution in [0.25, 0.3) is 10.8 Å². The molecule has 0 bridgehead atoms. The molecule has 0 radical (unpaired) electrons. The van der Waals surface area contributed by atoms with Gasteiger partial charge in [0.1, 0.15) is 39.7 Å². The van der Waals surface area contributed by atoms with Crippen LogP contribution in [0.2, 0.25) is 0 Å². The van der Waals surface area contributed by atoms with Gasteiger partial charge in [0.05, 0.1) is 27.1 Å². The van der Waals surface area contributed by atoms with Gasteiger partial charge in [-0.2, -0.15) is 0 Å². The Morgan fingerprint density at radius 1 is 0.620 bits per heavy atom. The second kappa shape index (κ2) is 31.1. The Bertz CT molecular complexity index is 3320. The number of methoxy groups -OCH3 is 2. The Hall–Kier alpha value is -10.1. The number of benzene rings is 7. The van der Waals surface area contributed by atoms with Crippen LogP contribution >= 0.6 is 11.6 Å². The lowest BCUT2D eigenvalue weighted by Crippen LogP contribution is -2.42. The minimum absolute atomic E-state index is 0.0311. The third kappa shape index (κ3) is 22.0. The lowest BCUT2D eigenvalue weighted by molar-refractivity contribution is -0.139. The van der Waals surface area contributed by atoms with Crippen LogP contribution in [0.15, 0.2) is 151 Å². The monoisotopic (exact) mass is 1110 g/mol. The number of aromatic carboxylic acids is 1. The number of aromatic hydroxyl groups is 3. The maximum Gasteiger partial charge on any atom is 0.339 e. The van der Waals surface area contributed by atoms with Crippen LogP contribution < -0.4 is 20.1 Å². The maximum absolute atomic E-state index is 12.7. The van der Waals surface area contributed by atoms with Crippen molar-refractivity contribution >= 4 is 69.7 Å². The molecule has 0 aliphatic heterocycles. The normalized spacial score (nSPS) is 10.6. The summed E-state index contributed by atoms with van der Waals surface area (Å²) in [6, 6.07) is 34.0. The largest absolute Gasteiger partial charge is 0.508 e. The first-order valence-corrected chi connectivity index (χ1v) is 23.0. The van der Waals surface area contributed by atoms with Crippen LogP contribution in [0.4, 0.5) is 18.9 Å². The molecule has 0 aromatic heterocycles. The van der Waals surface area contributed by atoms with Gasteiger partial charge < -0.3 is 61.0 Å². The number of carboxylic acids is 5. The Kier molecular flexibility index (Phi) is 24.9. The van der Waals surface area contributed by atoms with Crippen LogP contribution in [-0.2, 0) is 43.2 Å². The van der Waals surface area contributed by atoms with E-state index in [1.165, 1.54) is 37.4 Å². The summed E-state index contributed by atoms with van der Waals surface area (Å²) in [5, 5.41) is 77.3. The highest BCUT2D eigenvalue weighted by Crippen LogP contribution is 2.28. The second-order valence-electron chi connectivity index (χ2n) is 16.1. The van der Waals surface area contributed by atoms with Gasteiger partial charge in [0.15, 0.2) is 23.1 Å². The molecule has 0 aliphatic carbocycles. The zero-order valence-electron chi connectivity index (χ0n) is 41.8. The summed E-state index contributed by atoms with van der Waals surface area (Å²) in [4.78, 5) is 76.3. The van der Waals surface area contributed by atoms with Crippen LogP contribution in [0.5, 0.6) is 28.7 Å². The number of fused-ring (bicyclic) bond motifs is 1. The van der Waals surface area contributed by atoms with Crippen molar-refractivity contribution in [3.05, 3.63) is 201 Å². The average molecular weight is 1120 g/mol. The number of hydrogen-bond acceptors (Lipinski definition) is 12. The minimum Gasteiger partial charge on any atom is -0.508 e. The Morgan fingerprint density at radius 2 is 1.27 bits per heavy atom. The van der Waals surface area contributed by atoms with Crippen LogP contribution in [0.3, 0.4) is 0 Å². The van der Waals surface area contributed by atoms with Crippen LogP contribution in [0, 0.1) is 24.4 Å². The van der Waals surface area contributed by atoms with E-state index in [0.29, 0.717) is 51.5 Å². The fourth-order valence-corrected chi connectivity index (χ4v) is 6.52. The number of ether oxygens (including phenoxy) is 2. The van der Waals surface area contributed by atoms with E-state index >= 15 is 0 Å². The molecular weight excluding hydrogens is 1070 g/mol. The van der Waals surface area contributed by atoms with E-state index in [-0.39, 0.29) is 52.0 Å². The van der Waals surface area contributed by atoms with Crippen molar-refractivity contribution in [2.45, 2.75) is 32.2 Å². The summed E-state index contributed by atoms with van der Waals surface area (Å²) in [5.74, 6) is -9.77. The van der Waals surface area contributed by atoms with Crippen molar-refractivity contribution in [2.75, 3.05) is 19.5 Å². The third-order valence-electron chi connectivity index (χ3n) is 10.2. The summed E-state index contributed by atoms with van der Waals surface area (Å²) < 4.78 is 47.5. The van der Waals surface area contributed by atoms with E-state index in [2.05, 4.69) is 10.6 Å². The molecule has 0 aliphatic rings. The van der Waals surface area contributed by atoms with Gasteiger partial charge in [-0.3, -0.25) is 19.2 Å². The number of carbonyl (C=O) groups excluding carboxylic acids is 2. The zero-order valence-corrected chi connectivity index (χ0v) is 42.6. The molecule has 0 saturated heterocycles. The predicted octanol–water partition coefficient (Wildman–Crippen LogP) is 8.97. The van der Waals surface area contributed by atoms with Gasteiger partial charge in [-0.1, -0.05) is 71.8 Å². The lowest BCUT2D eigenvalue weighted by atomic mass is 10.0. The van der Waals surface area contributed by atoms with E-state index in [0.717, 1.165) is 11.1 Å². The lowest BCUT2D eigenvalue weighted by Gasteiger charge is -2.15. The third-order valence-corrected chi connectivity index (χ3v) is 10.5. The molecule has 10 N–H and O–H groups in total. The van der Waals surface area contributed by atoms with Crippen molar-refractivity contribution in [1.82, 2.24) is 5.32 Å². The Morgan fingerprint density at radius 3 is 1.85 bits per heavy atom. The van der Waals surface area contributed by atoms with Gasteiger partial charge in [0.2, 0.25) is 0 Å². The summed E-state index contributed by atoms with van der Waals surface area (Å²) in [6.45, 7) is 1.92. The van der Waals surface area contributed by atoms with Gasteiger partial charge in [-0.15, -0.1) is 0 Å². The fourth-order valence-electron chi connectivity index (χ4n) is 6.38. The highest BCUT2D eigenvalue weighted by Gasteiger charge is 2.22. The molecule has 0 spiro atoms. The number of phenolic OH excluding ortho intramolecular Hbond substituents is 2. The first kappa shape index (κ1) is 63.2. The first-order valence-electron chi connectivity index (χ1n) is 22.6.